The van der Waals surface area contributed by atoms with Gasteiger partial charge in [-0.3, -0.25) is 0 Å². The van der Waals surface area contributed by atoms with E-state index in [1.54, 1.807) is 0 Å². The van der Waals surface area contributed by atoms with Gasteiger partial charge in [0.25, 0.3) is 0 Å². The monoisotopic (exact) mass is 237 g/mol. The number of rotatable bonds is 3. The number of aryl methyl sites for hydroxylation is 1. The third-order valence-electron chi connectivity index (χ3n) is 3.42. The first kappa shape index (κ1) is 11.8. The molecule has 3 heteroatoms. The number of aliphatic hydroxyl groups is 1. The first-order valence-electron chi connectivity index (χ1n) is 5.74. The van der Waals surface area contributed by atoms with E-state index in [1.165, 1.54) is 5.56 Å². The lowest BCUT2D eigenvalue weighted by Gasteiger charge is -2.33. The molecule has 0 bridgehead atoms. The van der Waals surface area contributed by atoms with E-state index < -0.39 is 0 Å². The standard InChI is InChI=1S/C13H19NOS/c1-10-3-5-12(6-4-10)14-13(9-15)7-8-16-11(13)2/h3-6,11,14-15H,7-9H2,1-2H3. The minimum absolute atomic E-state index is 0.139. The highest BCUT2D eigenvalue weighted by Gasteiger charge is 2.40. The van der Waals surface area contributed by atoms with Crippen LogP contribution >= 0.6 is 11.8 Å². The predicted molar refractivity (Wildman–Crippen MR) is 71.2 cm³/mol. The first-order chi connectivity index (χ1) is 7.66. The van der Waals surface area contributed by atoms with Crippen LogP contribution < -0.4 is 5.32 Å². The normalized spacial score (nSPS) is 29.3. The SMILES string of the molecule is Cc1ccc(NC2(CO)CCSC2C)cc1. The van der Waals surface area contributed by atoms with Gasteiger partial charge in [-0.2, -0.15) is 11.8 Å². The van der Waals surface area contributed by atoms with Crippen molar-refractivity contribution >= 4 is 17.4 Å². The zero-order valence-electron chi connectivity index (χ0n) is 9.86. The Labute approximate surface area is 101 Å². The second-order valence-electron chi connectivity index (χ2n) is 4.57. The maximum atomic E-state index is 9.63. The molecule has 2 atom stereocenters. The van der Waals surface area contributed by atoms with Gasteiger partial charge in [-0.25, -0.2) is 0 Å². The highest BCUT2D eigenvalue weighted by atomic mass is 32.2. The zero-order valence-corrected chi connectivity index (χ0v) is 10.7. The number of nitrogens with one attached hydrogen (secondary N) is 1. The third kappa shape index (κ3) is 2.20. The van der Waals surface area contributed by atoms with Crippen LogP contribution in [0.3, 0.4) is 0 Å². The van der Waals surface area contributed by atoms with Crippen LogP contribution in [0.2, 0.25) is 0 Å². The van der Waals surface area contributed by atoms with Crippen molar-refractivity contribution in [3.63, 3.8) is 0 Å². The van der Waals surface area contributed by atoms with E-state index in [4.69, 9.17) is 0 Å². The molecule has 1 saturated heterocycles. The van der Waals surface area contributed by atoms with Crippen molar-refractivity contribution < 1.29 is 5.11 Å². The average Bonchev–Trinajstić information content (AvgIpc) is 2.64. The number of hydrogen-bond donors (Lipinski definition) is 2. The van der Waals surface area contributed by atoms with Gasteiger partial charge in [0, 0.05) is 10.9 Å². The molecule has 1 heterocycles. The summed E-state index contributed by atoms with van der Waals surface area (Å²) in [5.41, 5.74) is 2.23. The Morgan fingerprint density at radius 1 is 1.44 bits per heavy atom. The van der Waals surface area contributed by atoms with Crippen LogP contribution in [0, 0.1) is 6.92 Å². The van der Waals surface area contributed by atoms with Crippen molar-refractivity contribution in [3.8, 4) is 0 Å². The van der Waals surface area contributed by atoms with Gasteiger partial charge in [0.15, 0.2) is 0 Å². The molecule has 2 N–H and O–H groups in total. The number of hydrogen-bond acceptors (Lipinski definition) is 3. The highest BCUT2D eigenvalue weighted by molar-refractivity contribution is 8.00. The van der Waals surface area contributed by atoms with Crippen molar-refractivity contribution in [2.45, 2.75) is 31.1 Å². The van der Waals surface area contributed by atoms with Crippen LogP contribution in [0.15, 0.2) is 24.3 Å². The molecule has 0 radical (unpaired) electrons. The summed E-state index contributed by atoms with van der Waals surface area (Å²) >= 11 is 1.93. The lowest BCUT2D eigenvalue weighted by molar-refractivity contribution is 0.212. The van der Waals surface area contributed by atoms with Crippen molar-refractivity contribution in [2.24, 2.45) is 0 Å². The Morgan fingerprint density at radius 3 is 2.62 bits per heavy atom. The summed E-state index contributed by atoms with van der Waals surface area (Å²) in [6.45, 7) is 4.48. The molecule has 1 aliphatic rings. The van der Waals surface area contributed by atoms with E-state index in [0.29, 0.717) is 5.25 Å². The Bertz CT molecular complexity index is 351. The Morgan fingerprint density at radius 2 is 2.12 bits per heavy atom. The summed E-state index contributed by atoms with van der Waals surface area (Å²) in [5, 5.41) is 13.6. The molecule has 1 fully saturated rings. The predicted octanol–water partition coefficient (Wildman–Crippen LogP) is 2.66. The molecule has 2 rings (SSSR count). The molecular formula is C13H19NOS. The first-order valence-corrected chi connectivity index (χ1v) is 6.78. The molecule has 0 saturated carbocycles. The van der Waals surface area contributed by atoms with Crippen molar-refractivity contribution in [3.05, 3.63) is 29.8 Å². The van der Waals surface area contributed by atoms with Crippen LogP contribution in [0.1, 0.15) is 18.9 Å². The summed E-state index contributed by atoms with van der Waals surface area (Å²) in [6.07, 6.45) is 1.03. The molecule has 2 nitrogen and oxygen atoms in total. The fourth-order valence-corrected chi connectivity index (χ4v) is 3.52. The molecule has 1 aromatic carbocycles. The summed E-state index contributed by atoms with van der Waals surface area (Å²) in [7, 11) is 0. The molecule has 1 aromatic rings. The molecular weight excluding hydrogens is 218 g/mol. The Kier molecular flexibility index (Phi) is 3.45. The van der Waals surface area contributed by atoms with Gasteiger partial charge in [-0.15, -0.1) is 0 Å². The zero-order chi connectivity index (χ0) is 11.6. The summed E-state index contributed by atoms with van der Waals surface area (Å²) in [6, 6.07) is 8.37. The molecule has 1 aliphatic heterocycles. The maximum absolute atomic E-state index is 9.63. The summed E-state index contributed by atoms with van der Waals surface area (Å²) < 4.78 is 0. The highest BCUT2D eigenvalue weighted by Crippen LogP contribution is 2.37. The van der Waals surface area contributed by atoms with E-state index >= 15 is 0 Å². The number of benzene rings is 1. The minimum atomic E-state index is -0.139. The van der Waals surface area contributed by atoms with Gasteiger partial charge in [-0.05, 0) is 31.2 Å². The van der Waals surface area contributed by atoms with Gasteiger partial charge in [0.2, 0.25) is 0 Å². The van der Waals surface area contributed by atoms with Crippen LogP contribution in [0.4, 0.5) is 5.69 Å². The molecule has 0 aliphatic carbocycles. The van der Waals surface area contributed by atoms with Gasteiger partial charge in [0.05, 0.1) is 12.1 Å². The molecule has 0 spiro atoms. The van der Waals surface area contributed by atoms with Gasteiger partial charge in [0.1, 0.15) is 0 Å². The fourth-order valence-electron chi connectivity index (χ4n) is 2.12. The van der Waals surface area contributed by atoms with Crippen LogP contribution in [0.25, 0.3) is 0 Å². The topological polar surface area (TPSA) is 32.3 Å². The van der Waals surface area contributed by atoms with Crippen LogP contribution in [-0.4, -0.2) is 28.3 Å². The van der Waals surface area contributed by atoms with E-state index in [0.717, 1.165) is 17.9 Å². The number of thioether (sulfide) groups is 1. The number of aliphatic hydroxyl groups excluding tert-OH is 1. The molecule has 16 heavy (non-hydrogen) atoms. The van der Waals surface area contributed by atoms with Gasteiger partial charge >= 0.3 is 0 Å². The second-order valence-corrected chi connectivity index (χ2v) is 6.02. The molecule has 0 aromatic heterocycles. The van der Waals surface area contributed by atoms with Gasteiger partial charge < -0.3 is 10.4 Å². The van der Waals surface area contributed by atoms with Crippen molar-refractivity contribution in [1.82, 2.24) is 0 Å². The number of anilines is 1. The van der Waals surface area contributed by atoms with E-state index in [-0.39, 0.29) is 12.1 Å². The Hall–Kier alpha value is -0.670. The van der Waals surface area contributed by atoms with Crippen LogP contribution in [-0.2, 0) is 0 Å². The Balaban J connectivity index is 2.15. The largest absolute Gasteiger partial charge is 0.394 e. The lowest BCUT2D eigenvalue weighted by Crippen LogP contribution is -2.46. The smallest absolute Gasteiger partial charge is 0.0727 e. The fraction of sp³-hybridized carbons (Fsp3) is 0.538. The van der Waals surface area contributed by atoms with Crippen LogP contribution in [0.5, 0.6) is 0 Å². The van der Waals surface area contributed by atoms with Crippen molar-refractivity contribution in [1.29, 1.82) is 0 Å². The molecule has 0 amide bonds. The van der Waals surface area contributed by atoms with Crippen molar-refractivity contribution in [2.75, 3.05) is 17.7 Å². The average molecular weight is 237 g/mol. The third-order valence-corrected chi connectivity index (χ3v) is 4.81. The van der Waals surface area contributed by atoms with Gasteiger partial charge in [-0.1, -0.05) is 24.6 Å². The quantitative estimate of drug-likeness (QED) is 0.847. The lowest BCUT2D eigenvalue weighted by atomic mass is 9.93. The maximum Gasteiger partial charge on any atom is 0.0727 e. The molecule has 2 unspecified atom stereocenters. The molecule has 88 valence electrons. The summed E-state index contributed by atoms with van der Waals surface area (Å²) in [4.78, 5) is 0. The second kappa shape index (κ2) is 4.68. The van der Waals surface area contributed by atoms with E-state index in [1.807, 2.05) is 11.8 Å². The minimum Gasteiger partial charge on any atom is -0.394 e. The summed E-state index contributed by atoms with van der Waals surface area (Å²) in [5.74, 6) is 1.13. The van der Waals surface area contributed by atoms with E-state index in [9.17, 15) is 5.11 Å². The van der Waals surface area contributed by atoms with E-state index in [2.05, 4.69) is 43.4 Å².